The lowest BCUT2D eigenvalue weighted by Gasteiger charge is -2.31. The molecule has 1 fully saturated rings. The summed E-state index contributed by atoms with van der Waals surface area (Å²) in [5, 5.41) is 0. The summed E-state index contributed by atoms with van der Waals surface area (Å²) in [5.41, 5.74) is -0.911. The van der Waals surface area contributed by atoms with Crippen molar-refractivity contribution >= 4 is 12.0 Å². The van der Waals surface area contributed by atoms with Gasteiger partial charge in [-0.15, -0.1) is 6.58 Å². The summed E-state index contributed by atoms with van der Waals surface area (Å²) in [5.74, 6) is -0.169. The molecule has 1 heterocycles. The maximum Gasteiger partial charge on any atom is 0.417 e. The molecule has 0 N–H and O–H groups in total. The van der Waals surface area contributed by atoms with E-state index in [1.165, 1.54) is 18.1 Å². The van der Waals surface area contributed by atoms with Gasteiger partial charge in [-0.3, -0.25) is 4.79 Å². The number of hydrogen-bond acceptors (Lipinski definition) is 4. The first-order chi connectivity index (χ1) is 8.37. The number of rotatable bonds is 5. The van der Waals surface area contributed by atoms with Crippen molar-refractivity contribution in [2.24, 2.45) is 11.3 Å². The van der Waals surface area contributed by atoms with E-state index in [0.29, 0.717) is 0 Å². The lowest BCUT2D eigenvalue weighted by molar-refractivity contribution is -0.139. The van der Waals surface area contributed by atoms with Gasteiger partial charge in [0.2, 0.25) is 5.91 Å². The Morgan fingerprint density at radius 1 is 1.72 bits per heavy atom. The largest absolute Gasteiger partial charge is 0.447 e. The quantitative estimate of drug-likeness (QED) is 0.703. The predicted molar refractivity (Wildman–Crippen MR) is 67.0 cm³/mol. The highest BCUT2D eigenvalue weighted by Crippen LogP contribution is 2.28. The molecule has 5 heteroatoms. The second-order valence-electron chi connectivity index (χ2n) is 5.12. The van der Waals surface area contributed by atoms with Gasteiger partial charge < -0.3 is 9.47 Å². The van der Waals surface area contributed by atoms with Gasteiger partial charge in [0.05, 0.1) is 18.1 Å². The van der Waals surface area contributed by atoms with Crippen LogP contribution < -0.4 is 0 Å². The Labute approximate surface area is 108 Å². The van der Waals surface area contributed by atoms with Crippen molar-refractivity contribution in [3.05, 3.63) is 12.7 Å². The average molecular weight is 255 g/mol. The van der Waals surface area contributed by atoms with Crippen LogP contribution in [0, 0.1) is 11.3 Å². The van der Waals surface area contributed by atoms with Crippen molar-refractivity contribution in [1.82, 2.24) is 4.90 Å². The Hall–Kier alpha value is -1.36. The Balaban J connectivity index is 2.99. The van der Waals surface area contributed by atoms with E-state index < -0.39 is 11.5 Å². The van der Waals surface area contributed by atoms with Crippen LogP contribution in [-0.2, 0) is 14.3 Å². The Morgan fingerprint density at radius 3 is 2.78 bits per heavy atom. The van der Waals surface area contributed by atoms with Gasteiger partial charge in [0.25, 0.3) is 0 Å². The molecule has 0 spiro atoms. The fourth-order valence-electron chi connectivity index (χ4n) is 1.94. The molecule has 1 rings (SSSR count). The molecular formula is C13H21NO4. The summed E-state index contributed by atoms with van der Waals surface area (Å²) >= 11 is 0. The standard InChI is InChI=1S/C13H21NO4/c1-6-13(4,8-17-5)11(15)14-10(9(2)3)7-18-12(14)16/h6,9-10H,1,7-8H2,2-5H3/t10?,13-/m0/s1. The molecule has 0 aromatic heterocycles. The molecular weight excluding hydrogens is 234 g/mol. The second kappa shape index (κ2) is 5.52. The third-order valence-electron chi connectivity index (χ3n) is 3.28. The van der Waals surface area contributed by atoms with Gasteiger partial charge in [-0.05, 0) is 12.8 Å². The molecule has 0 saturated carbocycles. The van der Waals surface area contributed by atoms with Crippen molar-refractivity contribution in [1.29, 1.82) is 0 Å². The maximum atomic E-state index is 12.5. The van der Waals surface area contributed by atoms with Gasteiger partial charge in [-0.25, -0.2) is 9.69 Å². The van der Waals surface area contributed by atoms with Gasteiger partial charge in [0, 0.05) is 7.11 Å². The Kier molecular flexibility index (Phi) is 4.51. The summed E-state index contributed by atoms with van der Waals surface area (Å²) < 4.78 is 10.0. The minimum atomic E-state index is -0.911. The molecule has 2 atom stereocenters. The fourth-order valence-corrected chi connectivity index (χ4v) is 1.94. The molecule has 18 heavy (non-hydrogen) atoms. The Bertz CT molecular complexity index is 353. The molecule has 0 aromatic carbocycles. The number of nitrogens with zero attached hydrogens (tertiary/aromatic N) is 1. The van der Waals surface area contributed by atoms with E-state index >= 15 is 0 Å². The van der Waals surface area contributed by atoms with Gasteiger partial charge in [0.1, 0.15) is 6.61 Å². The molecule has 0 radical (unpaired) electrons. The number of carbonyl (C=O) groups is 2. The topological polar surface area (TPSA) is 55.8 Å². The van der Waals surface area contributed by atoms with Crippen molar-refractivity contribution in [2.75, 3.05) is 20.3 Å². The zero-order valence-corrected chi connectivity index (χ0v) is 11.4. The van der Waals surface area contributed by atoms with Crippen molar-refractivity contribution in [3.8, 4) is 0 Å². The second-order valence-corrected chi connectivity index (χ2v) is 5.12. The first kappa shape index (κ1) is 14.7. The fraction of sp³-hybridized carbons (Fsp3) is 0.692. The minimum absolute atomic E-state index is 0.150. The van der Waals surface area contributed by atoms with E-state index in [9.17, 15) is 9.59 Å². The van der Waals surface area contributed by atoms with Crippen LogP contribution in [0.15, 0.2) is 12.7 Å². The molecule has 5 nitrogen and oxygen atoms in total. The number of imide groups is 1. The monoisotopic (exact) mass is 255 g/mol. The van der Waals surface area contributed by atoms with Crippen LogP contribution in [0.5, 0.6) is 0 Å². The smallest absolute Gasteiger partial charge is 0.417 e. The zero-order valence-electron chi connectivity index (χ0n) is 11.4. The van der Waals surface area contributed by atoms with E-state index in [-0.39, 0.29) is 31.1 Å². The summed E-state index contributed by atoms with van der Waals surface area (Å²) in [6.45, 7) is 9.70. The van der Waals surface area contributed by atoms with Gasteiger partial charge in [0.15, 0.2) is 0 Å². The van der Waals surface area contributed by atoms with E-state index in [1.54, 1.807) is 6.92 Å². The summed E-state index contributed by atoms with van der Waals surface area (Å²) in [7, 11) is 1.51. The first-order valence-electron chi connectivity index (χ1n) is 6.00. The molecule has 1 aliphatic rings. The highest BCUT2D eigenvalue weighted by Gasteiger charge is 2.45. The van der Waals surface area contributed by atoms with Crippen LogP contribution in [-0.4, -0.2) is 43.3 Å². The minimum Gasteiger partial charge on any atom is -0.447 e. The van der Waals surface area contributed by atoms with Crippen LogP contribution in [0.1, 0.15) is 20.8 Å². The molecule has 2 amide bonds. The van der Waals surface area contributed by atoms with Crippen LogP contribution in [0.3, 0.4) is 0 Å². The molecule has 0 bridgehead atoms. The highest BCUT2D eigenvalue weighted by atomic mass is 16.6. The third kappa shape index (κ3) is 2.56. The van der Waals surface area contributed by atoms with Gasteiger partial charge in [-0.1, -0.05) is 19.9 Å². The average Bonchev–Trinajstić information content (AvgIpc) is 2.70. The van der Waals surface area contributed by atoms with E-state index in [4.69, 9.17) is 9.47 Å². The molecule has 0 aliphatic carbocycles. The van der Waals surface area contributed by atoms with Crippen LogP contribution in [0.25, 0.3) is 0 Å². The molecule has 0 aromatic rings. The molecule has 102 valence electrons. The van der Waals surface area contributed by atoms with Gasteiger partial charge >= 0.3 is 6.09 Å². The van der Waals surface area contributed by atoms with Crippen molar-refractivity contribution in [3.63, 3.8) is 0 Å². The van der Waals surface area contributed by atoms with Crippen molar-refractivity contribution in [2.45, 2.75) is 26.8 Å². The number of amides is 2. The van der Waals surface area contributed by atoms with E-state index in [0.717, 1.165) is 0 Å². The van der Waals surface area contributed by atoms with Gasteiger partial charge in [-0.2, -0.15) is 0 Å². The summed E-state index contributed by atoms with van der Waals surface area (Å²) in [6, 6.07) is -0.221. The number of carbonyl (C=O) groups excluding carboxylic acids is 2. The normalized spacial score (nSPS) is 22.8. The molecule has 1 saturated heterocycles. The number of ether oxygens (including phenoxy) is 2. The van der Waals surface area contributed by atoms with Crippen molar-refractivity contribution < 1.29 is 19.1 Å². The first-order valence-corrected chi connectivity index (χ1v) is 6.00. The lowest BCUT2D eigenvalue weighted by atomic mass is 9.89. The van der Waals surface area contributed by atoms with Crippen LogP contribution >= 0.6 is 0 Å². The molecule has 1 aliphatic heterocycles. The Morgan fingerprint density at radius 2 is 2.33 bits per heavy atom. The number of hydrogen-bond donors (Lipinski definition) is 0. The number of methoxy groups -OCH3 is 1. The maximum absolute atomic E-state index is 12.5. The zero-order chi connectivity index (χ0) is 13.9. The third-order valence-corrected chi connectivity index (χ3v) is 3.28. The highest BCUT2D eigenvalue weighted by molar-refractivity contribution is 5.97. The van der Waals surface area contributed by atoms with Crippen LogP contribution in [0.4, 0.5) is 4.79 Å². The molecule has 1 unspecified atom stereocenters. The van der Waals surface area contributed by atoms with E-state index in [1.807, 2.05) is 13.8 Å². The predicted octanol–water partition coefficient (Wildman–Crippen LogP) is 1.83. The van der Waals surface area contributed by atoms with Crippen LogP contribution in [0.2, 0.25) is 0 Å². The summed E-state index contributed by atoms with van der Waals surface area (Å²) in [6.07, 6.45) is 0.935. The number of cyclic esters (lactones) is 1. The lowest BCUT2D eigenvalue weighted by Crippen LogP contribution is -2.49. The summed E-state index contributed by atoms with van der Waals surface area (Å²) in [4.78, 5) is 25.4. The SMILES string of the molecule is C=C[C@@](C)(COC)C(=O)N1C(=O)OCC1C(C)C. The van der Waals surface area contributed by atoms with E-state index in [2.05, 4.69) is 6.58 Å².